The number of thiazole rings is 1. The first-order valence-corrected chi connectivity index (χ1v) is 11.7. The van der Waals surface area contributed by atoms with Crippen LogP contribution in [-0.4, -0.2) is 36.3 Å². The highest BCUT2D eigenvalue weighted by atomic mass is 32.2. The van der Waals surface area contributed by atoms with Gasteiger partial charge in [-0.25, -0.2) is 12.8 Å². The zero-order chi connectivity index (χ0) is 21.5. The van der Waals surface area contributed by atoms with E-state index < -0.39 is 21.8 Å². The van der Waals surface area contributed by atoms with Gasteiger partial charge in [0, 0.05) is 25.8 Å². The Morgan fingerprint density at radius 3 is 2.67 bits per heavy atom. The van der Waals surface area contributed by atoms with Gasteiger partial charge < -0.3 is 9.88 Å². The largest absolute Gasteiger partial charge is 0.326 e. The zero-order valence-electron chi connectivity index (χ0n) is 16.2. The van der Waals surface area contributed by atoms with Crippen molar-refractivity contribution >= 4 is 43.2 Å². The molecule has 1 amide bonds. The van der Waals surface area contributed by atoms with Crippen LogP contribution >= 0.6 is 11.3 Å². The van der Waals surface area contributed by atoms with Gasteiger partial charge in [0.1, 0.15) is 5.82 Å². The number of aromatic nitrogens is 1. The second kappa shape index (κ2) is 7.93. The Kier molecular flexibility index (Phi) is 5.48. The molecule has 0 spiro atoms. The number of benzene rings is 2. The Morgan fingerprint density at radius 1 is 1.20 bits per heavy atom. The molecule has 158 valence electrons. The number of nitrogens with zero attached hydrogens (tertiary/aromatic N) is 2. The molecule has 1 N–H and O–H groups in total. The van der Waals surface area contributed by atoms with Crippen molar-refractivity contribution in [2.45, 2.75) is 17.7 Å². The Morgan fingerprint density at radius 2 is 1.93 bits per heavy atom. The molecular formula is C20H20FN3O4S2. The van der Waals surface area contributed by atoms with Crippen LogP contribution in [0.1, 0.15) is 12.8 Å². The lowest BCUT2D eigenvalue weighted by atomic mass is 9.98. The number of hydrogen-bond acceptors (Lipinski definition) is 5. The molecule has 7 nitrogen and oxygen atoms in total. The molecule has 0 unspecified atom stereocenters. The first kappa shape index (κ1) is 20.7. The van der Waals surface area contributed by atoms with Crippen LogP contribution in [0.4, 0.5) is 10.1 Å². The molecule has 0 bridgehead atoms. The Hall–Kier alpha value is -2.56. The van der Waals surface area contributed by atoms with E-state index in [4.69, 9.17) is 0 Å². The number of aryl methyl sites for hydroxylation is 1. The number of carbonyl (C=O) groups excluding carboxylic acids is 1. The number of sulfonamides is 1. The van der Waals surface area contributed by atoms with Crippen molar-refractivity contribution in [2.75, 3.05) is 18.4 Å². The van der Waals surface area contributed by atoms with E-state index >= 15 is 0 Å². The highest BCUT2D eigenvalue weighted by molar-refractivity contribution is 7.89. The van der Waals surface area contributed by atoms with Crippen molar-refractivity contribution < 1.29 is 17.6 Å². The minimum atomic E-state index is -3.80. The van der Waals surface area contributed by atoms with E-state index in [0.29, 0.717) is 25.1 Å². The summed E-state index contributed by atoms with van der Waals surface area (Å²) >= 11 is 1.10. The molecule has 0 aliphatic carbocycles. The van der Waals surface area contributed by atoms with Crippen molar-refractivity contribution in [1.82, 2.24) is 8.87 Å². The van der Waals surface area contributed by atoms with Gasteiger partial charge in [-0.2, -0.15) is 4.31 Å². The van der Waals surface area contributed by atoms with Gasteiger partial charge in [0.05, 0.1) is 21.0 Å². The average Bonchev–Trinajstić information content (AvgIpc) is 3.01. The van der Waals surface area contributed by atoms with Gasteiger partial charge >= 0.3 is 4.87 Å². The van der Waals surface area contributed by atoms with Crippen LogP contribution in [-0.2, 0) is 21.9 Å². The topological polar surface area (TPSA) is 88.5 Å². The maximum atomic E-state index is 13.1. The third kappa shape index (κ3) is 3.90. The lowest BCUT2D eigenvalue weighted by molar-refractivity contribution is -0.120. The molecule has 1 fully saturated rings. The highest BCUT2D eigenvalue weighted by Gasteiger charge is 2.33. The second-order valence-corrected chi connectivity index (χ2v) is 10.2. The van der Waals surface area contributed by atoms with Crippen LogP contribution in [0.2, 0.25) is 0 Å². The summed E-state index contributed by atoms with van der Waals surface area (Å²) in [5.41, 5.74) is 1.35. The van der Waals surface area contributed by atoms with Gasteiger partial charge in [-0.3, -0.25) is 9.59 Å². The fraction of sp³-hybridized carbons (Fsp3) is 0.300. The molecule has 1 aliphatic heterocycles. The fourth-order valence-corrected chi connectivity index (χ4v) is 6.03. The number of piperidine rings is 1. The van der Waals surface area contributed by atoms with Crippen LogP contribution in [0.5, 0.6) is 0 Å². The molecule has 4 rings (SSSR count). The smallest absolute Gasteiger partial charge is 0.307 e. The van der Waals surface area contributed by atoms with E-state index in [1.807, 2.05) is 0 Å². The minimum absolute atomic E-state index is 0.00870. The molecule has 2 aromatic carbocycles. The van der Waals surface area contributed by atoms with Crippen molar-refractivity contribution in [1.29, 1.82) is 0 Å². The van der Waals surface area contributed by atoms with Crippen molar-refractivity contribution in [2.24, 2.45) is 13.0 Å². The third-order valence-corrected chi connectivity index (χ3v) is 8.14. The molecule has 0 radical (unpaired) electrons. The number of anilines is 1. The van der Waals surface area contributed by atoms with Crippen molar-refractivity contribution in [3.05, 3.63) is 57.9 Å². The van der Waals surface area contributed by atoms with E-state index in [1.165, 1.54) is 16.4 Å². The minimum Gasteiger partial charge on any atom is -0.326 e. The lowest BCUT2D eigenvalue weighted by Gasteiger charge is -2.31. The second-order valence-electron chi connectivity index (χ2n) is 7.25. The molecule has 0 saturated carbocycles. The summed E-state index contributed by atoms with van der Waals surface area (Å²) in [7, 11) is -2.11. The van der Waals surface area contributed by atoms with E-state index in [0.717, 1.165) is 33.7 Å². The maximum Gasteiger partial charge on any atom is 0.307 e. The summed E-state index contributed by atoms with van der Waals surface area (Å²) in [6, 6.07) is 9.92. The summed E-state index contributed by atoms with van der Waals surface area (Å²) in [6.45, 7) is 0.375. The van der Waals surface area contributed by atoms with Gasteiger partial charge in [0.15, 0.2) is 0 Å². The molecule has 1 saturated heterocycles. The SMILES string of the molecule is Cn1c(=O)sc2cc(NC(=O)[C@@H]3CCCN(S(=O)(=O)c4ccc(F)cc4)C3)ccc21. The number of fused-ring (bicyclic) bond motifs is 1. The quantitative estimate of drug-likeness (QED) is 0.663. The van der Waals surface area contributed by atoms with Crippen LogP contribution in [0.25, 0.3) is 10.2 Å². The van der Waals surface area contributed by atoms with Crippen molar-refractivity contribution in [3.8, 4) is 0 Å². The first-order valence-electron chi connectivity index (χ1n) is 9.42. The maximum absolute atomic E-state index is 13.1. The van der Waals surface area contributed by atoms with Crippen LogP contribution in [0.15, 0.2) is 52.2 Å². The van der Waals surface area contributed by atoms with E-state index in [1.54, 1.807) is 29.8 Å². The summed E-state index contributed by atoms with van der Waals surface area (Å²) in [5.74, 6) is -1.28. The highest BCUT2D eigenvalue weighted by Crippen LogP contribution is 2.26. The third-order valence-electron chi connectivity index (χ3n) is 5.27. The summed E-state index contributed by atoms with van der Waals surface area (Å²) in [5, 5.41) is 2.84. The molecule has 30 heavy (non-hydrogen) atoms. The number of carbonyl (C=O) groups is 1. The lowest BCUT2D eigenvalue weighted by Crippen LogP contribution is -2.43. The van der Waals surface area contributed by atoms with Gasteiger partial charge in [-0.05, 0) is 55.3 Å². The van der Waals surface area contributed by atoms with Gasteiger partial charge in [0.2, 0.25) is 15.9 Å². The normalized spacial score (nSPS) is 17.9. The first-order chi connectivity index (χ1) is 14.3. The molecule has 2 heterocycles. The summed E-state index contributed by atoms with van der Waals surface area (Å²) < 4.78 is 42.4. The molecule has 10 heteroatoms. The number of halogens is 1. The average molecular weight is 450 g/mol. The molecule has 1 aliphatic rings. The van der Waals surface area contributed by atoms with E-state index in [-0.39, 0.29) is 22.2 Å². The molecule has 1 atom stereocenters. The van der Waals surface area contributed by atoms with Crippen molar-refractivity contribution in [3.63, 3.8) is 0 Å². The van der Waals surface area contributed by atoms with Gasteiger partial charge in [-0.15, -0.1) is 0 Å². The Bertz CT molecular complexity index is 1270. The number of hydrogen-bond donors (Lipinski definition) is 1. The number of rotatable bonds is 4. The van der Waals surface area contributed by atoms with Crippen LogP contribution in [0, 0.1) is 11.7 Å². The Labute approximate surface area is 176 Å². The van der Waals surface area contributed by atoms with E-state index in [2.05, 4.69) is 5.32 Å². The Balaban J connectivity index is 1.49. The predicted octanol–water partition coefficient (Wildman–Crippen LogP) is 2.78. The fourth-order valence-electron chi connectivity index (χ4n) is 3.59. The standard InChI is InChI=1S/C20H20FN3O4S2/c1-23-17-9-6-15(11-18(17)29-20(23)26)22-19(25)13-3-2-10-24(12-13)30(27,28)16-7-4-14(21)5-8-16/h4-9,11,13H,2-3,10,12H2,1H3,(H,22,25)/t13-/m1/s1. The zero-order valence-corrected chi connectivity index (χ0v) is 17.8. The van der Waals surface area contributed by atoms with Crippen LogP contribution < -0.4 is 10.2 Å². The van der Waals surface area contributed by atoms with Gasteiger partial charge in [0.25, 0.3) is 0 Å². The summed E-state index contributed by atoms with van der Waals surface area (Å²) in [4.78, 5) is 24.5. The number of amides is 1. The monoisotopic (exact) mass is 449 g/mol. The summed E-state index contributed by atoms with van der Waals surface area (Å²) in [6.07, 6.45) is 1.13. The number of nitrogens with one attached hydrogen (secondary N) is 1. The predicted molar refractivity (Wildman–Crippen MR) is 114 cm³/mol. The van der Waals surface area contributed by atoms with E-state index in [9.17, 15) is 22.4 Å². The van der Waals surface area contributed by atoms with Gasteiger partial charge in [-0.1, -0.05) is 11.3 Å². The van der Waals surface area contributed by atoms with Crippen LogP contribution in [0.3, 0.4) is 0 Å². The molecular weight excluding hydrogens is 429 g/mol. The molecule has 1 aromatic heterocycles. The molecule has 3 aromatic rings.